The van der Waals surface area contributed by atoms with Gasteiger partial charge in [0.2, 0.25) is 5.91 Å². The van der Waals surface area contributed by atoms with E-state index in [1.807, 2.05) is 37.3 Å². The summed E-state index contributed by atoms with van der Waals surface area (Å²) in [7, 11) is 0. The van der Waals surface area contributed by atoms with Gasteiger partial charge >= 0.3 is 0 Å². The lowest BCUT2D eigenvalue weighted by Gasteiger charge is -2.16. The third kappa shape index (κ3) is 2.61. The monoisotopic (exact) mass is 218 g/mol. The van der Waals surface area contributed by atoms with Gasteiger partial charge in [-0.3, -0.25) is 4.79 Å². The van der Waals surface area contributed by atoms with E-state index < -0.39 is 0 Å². The first-order valence-corrected chi connectivity index (χ1v) is 5.83. The fourth-order valence-electron chi connectivity index (χ4n) is 2.03. The van der Waals surface area contributed by atoms with Crippen LogP contribution in [0.5, 0.6) is 0 Å². The second-order valence-electron chi connectivity index (χ2n) is 4.33. The summed E-state index contributed by atoms with van der Waals surface area (Å²) in [6, 6.07) is 10.1. The summed E-state index contributed by atoms with van der Waals surface area (Å²) in [4.78, 5) is 11.9. The zero-order chi connectivity index (χ0) is 11.4. The summed E-state index contributed by atoms with van der Waals surface area (Å²) in [5, 5.41) is 6.26. The van der Waals surface area contributed by atoms with Crippen molar-refractivity contribution in [3.63, 3.8) is 0 Å². The highest BCUT2D eigenvalue weighted by Crippen LogP contribution is 2.14. The Morgan fingerprint density at radius 2 is 2.19 bits per heavy atom. The molecule has 0 spiro atoms. The van der Waals surface area contributed by atoms with Crippen LogP contribution in [0.25, 0.3) is 0 Å². The van der Waals surface area contributed by atoms with E-state index in [2.05, 4.69) is 10.6 Å². The molecule has 16 heavy (non-hydrogen) atoms. The van der Waals surface area contributed by atoms with E-state index in [9.17, 15) is 4.79 Å². The van der Waals surface area contributed by atoms with E-state index in [0.29, 0.717) is 0 Å². The van der Waals surface area contributed by atoms with Gasteiger partial charge in [0.15, 0.2) is 0 Å². The number of hydrogen-bond acceptors (Lipinski definition) is 2. The van der Waals surface area contributed by atoms with E-state index in [0.717, 1.165) is 25.1 Å². The minimum absolute atomic E-state index is 0.0919. The van der Waals surface area contributed by atoms with Crippen molar-refractivity contribution in [2.24, 2.45) is 5.92 Å². The van der Waals surface area contributed by atoms with Crippen LogP contribution >= 0.6 is 0 Å². The van der Waals surface area contributed by atoms with Crippen molar-refractivity contribution >= 4 is 5.91 Å². The van der Waals surface area contributed by atoms with Crippen LogP contribution in [0.15, 0.2) is 30.3 Å². The molecule has 1 heterocycles. The predicted molar refractivity (Wildman–Crippen MR) is 64.0 cm³/mol. The van der Waals surface area contributed by atoms with Gasteiger partial charge in [0.05, 0.1) is 12.0 Å². The number of amides is 1. The highest BCUT2D eigenvalue weighted by Gasteiger charge is 2.23. The first kappa shape index (κ1) is 11.1. The van der Waals surface area contributed by atoms with Gasteiger partial charge in [-0.15, -0.1) is 0 Å². The van der Waals surface area contributed by atoms with Crippen molar-refractivity contribution in [2.75, 3.05) is 13.1 Å². The fourth-order valence-corrected chi connectivity index (χ4v) is 2.03. The van der Waals surface area contributed by atoms with Gasteiger partial charge < -0.3 is 10.6 Å². The summed E-state index contributed by atoms with van der Waals surface area (Å²) in [5.41, 5.74) is 1.15. The largest absolute Gasteiger partial charge is 0.349 e. The lowest BCUT2D eigenvalue weighted by Crippen LogP contribution is -2.33. The van der Waals surface area contributed by atoms with E-state index in [-0.39, 0.29) is 17.9 Å². The normalized spacial score (nSPS) is 21.7. The number of benzene rings is 1. The Kier molecular flexibility index (Phi) is 3.57. The van der Waals surface area contributed by atoms with Crippen LogP contribution in [0.4, 0.5) is 0 Å². The lowest BCUT2D eigenvalue weighted by atomic mass is 10.1. The zero-order valence-electron chi connectivity index (χ0n) is 9.57. The predicted octanol–water partition coefficient (Wildman–Crippen LogP) is 1.47. The standard InChI is InChI=1S/C13H18N2O/c1-10(11-5-3-2-4-6-11)15-13(16)12-7-8-14-9-12/h2-6,10,12,14H,7-9H2,1H3,(H,15,16)/t10-,12+/m1/s1. The van der Waals surface area contributed by atoms with Gasteiger partial charge in [-0.2, -0.15) is 0 Å². The fraction of sp³-hybridized carbons (Fsp3) is 0.462. The number of rotatable bonds is 3. The molecule has 2 atom stereocenters. The average Bonchev–Trinajstić information content (AvgIpc) is 2.83. The average molecular weight is 218 g/mol. The molecule has 0 aliphatic carbocycles. The van der Waals surface area contributed by atoms with E-state index >= 15 is 0 Å². The number of hydrogen-bond donors (Lipinski definition) is 2. The molecular weight excluding hydrogens is 200 g/mol. The molecule has 1 amide bonds. The molecule has 1 fully saturated rings. The van der Waals surface area contributed by atoms with Gasteiger partial charge in [0.25, 0.3) is 0 Å². The molecule has 1 aliphatic heterocycles. The molecule has 1 aliphatic rings. The van der Waals surface area contributed by atoms with Gasteiger partial charge in [-0.1, -0.05) is 30.3 Å². The van der Waals surface area contributed by atoms with Crippen LogP contribution in [0.2, 0.25) is 0 Å². The molecular formula is C13H18N2O. The van der Waals surface area contributed by atoms with Gasteiger partial charge in [0, 0.05) is 6.54 Å². The zero-order valence-corrected chi connectivity index (χ0v) is 9.57. The SMILES string of the molecule is C[C@@H](NC(=O)[C@H]1CCNC1)c1ccccc1. The maximum Gasteiger partial charge on any atom is 0.224 e. The Labute approximate surface area is 96.2 Å². The van der Waals surface area contributed by atoms with Gasteiger partial charge in [-0.05, 0) is 25.5 Å². The topological polar surface area (TPSA) is 41.1 Å². The third-order valence-electron chi connectivity index (χ3n) is 3.09. The van der Waals surface area contributed by atoms with Gasteiger partial charge in [-0.25, -0.2) is 0 Å². The first-order chi connectivity index (χ1) is 7.77. The molecule has 3 nitrogen and oxygen atoms in total. The van der Waals surface area contributed by atoms with Crippen LogP contribution in [-0.2, 0) is 4.79 Å². The summed E-state index contributed by atoms with van der Waals surface area (Å²) in [6.07, 6.45) is 0.952. The quantitative estimate of drug-likeness (QED) is 0.806. The summed E-state index contributed by atoms with van der Waals surface area (Å²) < 4.78 is 0. The molecule has 86 valence electrons. The van der Waals surface area contributed by atoms with Crippen LogP contribution in [0, 0.1) is 5.92 Å². The molecule has 0 saturated carbocycles. The van der Waals surface area contributed by atoms with Gasteiger partial charge in [0.1, 0.15) is 0 Å². The Hall–Kier alpha value is -1.35. The molecule has 0 unspecified atom stereocenters. The lowest BCUT2D eigenvalue weighted by molar-refractivity contribution is -0.125. The molecule has 0 bridgehead atoms. The maximum absolute atomic E-state index is 11.9. The molecule has 1 aromatic rings. The number of nitrogens with one attached hydrogen (secondary N) is 2. The Bertz CT molecular complexity index is 344. The van der Waals surface area contributed by atoms with E-state index in [1.165, 1.54) is 0 Å². The van der Waals surface area contributed by atoms with Crippen molar-refractivity contribution in [3.05, 3.63) is 35.9 Å². The van der Waals surface area contributed by atoms with Crippen LogP contribution in [0.3, 0.4) is 0 Å². The molecule has 2 rings (SSSR count). The van der Waals surface area contributed by atoms with Crippen molar-refractivity contribution in [2.45, 2.75) is 19.4 Å². The third-order valence-corrected chi connectivity index (χ3v) is 3.09. The van der Waals surface area contributed by atoms with Crippen LogP contribution in [-0.4, -0.2) is 19.0 Å². The minimum Gasteiger partial charge on any atom is -0.349 e. The summed E-state index contributed by atoms with van der Waals surface area (Å²) in [5.74, 6) is 0.313. The summed E-state index contributed by atoms with van der Waals surface area (Å²) >= 11 is 0. The van der Waals surface area contributed by atoms with Crippen molar-refractivity contribution < 1.29 is 4.79 Å². The van der Waals surface area contributed by atoms with Crippen molar-refractivity contribution in [1.29, 1.82) is 0 Å². The molecule has 0 radical (unpaired) electrons. The second kappa shape index (κ2) is 5.12. The van der Waals surface area contributed by atoms with Crippen molar-refractivity contribution in [3.8, 4) is 0 Å². The molecule has 1 saturated heterocycles. The highest BCUT2D eigenvalue weighted by atomic mass is 16.2. The summed E-state index contributed by atoms with van der Waals surface area (Å²) in [6.45, 7) is 3.79. The smallest absolute Gasteiger partial charge is 0.224 e. The molecule has 0 aromatic heterocycles. The Balaban J connectivity index is 1.92. The van der Waals surface area contributed by atoms with E-state index in [1.54, 1.807) is 0 Å². The van der Waals surface area contributed by atoms with Crippen molar-refractivity contribution in [1.82, 2.24) is 10.6 Å². The molecule has 2 N–H and O–H groups in total. The highest BCUT2D eigenvalue weighted by molar-refractivity contribution is 5.79. The number of carbonyl (C=O) groups excluding carboxylic acids is 1. The van der Waals surface area contributed by atoms with Crippen LogP contribution < -0.4 is 10.6 Å². The Morgan fingerprint density at radius 3 is 2.81 bits per heavy atom. The first-order valence-electron chi connectivity index (χ1n) is 5.83. The second-order valence-corrected chi connectivity index (χ2v) is 4.33. The van der Waals surface area contributed by atoms with E-state index in [4.69, 9.17) is 0 Å². The van der Waals surface area contributed by atoms with Crippen LogP contribution in [0.1, 0.15) is 24.9 Å². The Morgan fingerprint density at radius 1 is 1.44 bits per heavy atom. The molecule has 1 aromatic carbocycles. The maximum atomic E-state index is 11.9. The minimum atomic E-state index is 0.0919. The molecule has 3 heteroatoms. The number of carbonyl (C=O) groups is 1.